The second-order valence-electron chi connectivity index (χ2n) is 2.94. The van der Waals surface area contributed by atoms with E-state index in [0.29, 0.717) is 0 Å². The molecule has 0 saturated heterocycles. The largest absolute Gasteiger partial charge is 0.497 e. The summed E-state index contributed by atoms with van der Waals surface area (Å²) in [7, 11) is 3.17. The third kappa shape index (κ3) is 2.65. The standard InChI is InChI=1S/C10H14N2O2/c1-7-4-8(12-10(13)11-2)6-9(5-7)14-3/h4-6H,1-3H3,(H2,11,12,13). The van der Waals surface area contributed by atoms with Gasteiger partial charge < -0.3 is 15.4 Å². The Labute approximate surface area is 83.3 Å². The highest BCUT2D eigenvalue weighted by Gasteiger charge is 2.01. The first-order valence-electron chi connectivity index (χ1n) is 4.30. The molecule has 0 aromatic heterocycles. The Bertz CT molecular complexity index is 337. The molecule has 2 N–H and O–H groups in total. The van der Waals surface area contributed by atoms with Gasteiger partial charge in [0, 0.05) is 18.8 Å². The first-order chi connectivity index (χ1) is 6.65. The molecule has 0 saturated carbocycles. The van der Waals surface area contributed by atoms with E-state index in [-0.39, 0.29) is 6.03 Å². The summed E-state index contributed by atoms with van der Waals surface area (Å²) in [6.07, 6.45) is 0. The molecule has 4 nitrogen and oxygen atoms in total. The minimum Gasteiger partial charge on any atom is -0.497 e. The van der Waals surface area contributed by atoms with Crippen molar-refractivity contribution in [2.45, 2.75) is 6.92 Å². The van der Waals surface area contributed by atoms with Crippen LogP contribution in [-0.4, -0.2) is 20.2 Å². The zero-order valence-electron chi connectivity index (χ0n) is 8.55. The Hall–Kier alpha value is -1.71. The molecule has 0 heterocycles. The third-order valence-corrected chi connectivity index (χ3v) is 1.77. The molecule has 76 valence electrons. The third-order valence-electron chi connectivity index (χ3n) is 1.77. The first-order valence-corrected chi connectivity index (χ1v) is 4.30. The van der Waals surface area contributed by atoms with Crippen molar-refractivity contribution in [1.82, 2.24) is 5.32 Å². The number of ether oxygens (including phenoxy) is 1. The van der Waals surface area contributed by atoms with Crippen LogP contribution in [0.1, 0.15) is 5.56 Å². The minimum absolute atomic E-state index is 0.238. The van der Waals surface area contributed by atoms with E-state index in [1.807, 2.05) is 19.1 Å². The van der Waals surface area contributed by atoms with E-state index in [2.05, 4.69) is 10.6 Å². The Morgan fingerprint density at radius 1 is 1.36 bits per heavy atom. The maximum absolute atomic E-state index is 11.0. The zero-order valence-corrected chi connectivity index (χ0v) is 8.55. The Morgan fingerprint density at radius 3 is 2.64 bits per heavy atom. The molecule has 2 amide bonds. The molecule has 1 aromatic carbocycles. The molecule has 0 bridgehead atoms. The number of nitrogens with one attached hydrogen (secondary N) is 2. The van der Waals surface area contributed by atoms with Gasteiger partial charge in [-0.1, -0.05) is 0 Å². The number of carbonyl (C=O) groups is 1. The predicted octanol–water partition coefficient (Wildman–Crippen LogP) is 1.75. The topological polar surface area (TPSA) is 50.4 Å². The van der Waals surface area contributed by atoms with Crippen molar-refractivity contribution in [3.8, 4) is 5.75 Å². The molecule has 0 radical (unpaired) electrons. The highest BCUT2D eigenvalue weighted by molar-refractivity contribution is 5.89. The summed E-state index contributed by atoms with van der Waals surface area (Å²) in [4.78, 5) is 11.0. The monoisotopic (exact) mass is 194 g/mol. The van der Waals surface area contributed by atoms with Crippen molar-refractivity contribution in [1.29, 1.82) is 0 Å². The van der Waals surface area contributed by atoms with Gasteiger partial charge in [0.2, 0.25) is 0 Å². The quantitative estimate of drug-likeness (QED) is 0.753. The molecule has 1 aromatic rings. The van der Waals surface area contributed by atoms with E-state index in [0.717, 1.165) is 17.0 Å². The highest BCUT2D eigenvalue weighted by atomic mass is 16.5. The van der Waals surface area contributed by atoms with Crippen LogP contribution < -0.4 is 15.4 Å². The van der Waals surface area contributed by atoms with E-state index >= 15 is 0 Å². The number of amides is 2. The van der Waals surface area contributed by atoms with Crippen molar-refractivity contribution < 1.29 is 9.53 Å². The van der Waals surface area contributed by atoms with Gasteiger partial charge in [0.25, 0.3) is 0 Å². The Kier molecular flexibility index (Phi) is 3.34. The van der Waals surface area contributed by atoms with E-state index in [1.165, 1.54) is 0 Å². The van der Waals surface area contributed by atoms with E-state index in [9.17, 15) is 4.79 Å². The fraction of sp³-hybridized carbons (Fsp3) is 0.300. The molecule has 14 heavy (non-hydrogen) atoms. The van der Waals surface area contributed by atoms with Gasteiger partial charge in [-0.25, -0.2) is 4.79 Å². The van der Waals surface area contributed by atoms with Crippen molar-refractivity contribution in [3.63, 3.8) is 0 Å². The summed E-state index contributed by atoms with van der Waals surface area (Å²) >= 11 is 0. The lowest BCUT2D eigenvalue weighted by molar-refractivity contribution is 0.254. The van der Waals surface area contributed by atoms with Crippen LogP contribution in [0.4, 0.5) is 10.5 Å². The number of hydrogen-bond donors (Lipinski definition) is 2. The van der Waals surface area contributed by atoms with Crippen molar-refractivity contribution in [2.24, 2.45) is 0 Å². The van der Waals surface area contributed by atoms with Crippen LogP contribution in [-0.2, 0) is 0 Å². The molecular weight excluding hydrogens is 180 g/mol. The SMILES string of the molecule is CNC(=O)Nc1cc(C)cc(OC)c1. The maximum Gasteiger partial charge on any atom is 0.318 e. The molecule has 0 fully saturated rings. The second kappa shape index (κ2) is 4.50. The number of rotatable bonds is 2. The van der Waals surface area contributed by atoms with Crippen LogP contribution in [0.2, 0.25) is 0 Å². The Morgan fingerprint density at radius 2 is 2.07 bits per heavy atom. The van der Waals surface area contributed by atoms with Crippen LogP contribution >= 0.6 is 0 Å². The van der Waals surface area contributed by atoms with Crippen molar-refractivity contribution in [2.75, 3.05) is 19.5 Å². The van der Waals surface area contributed by atoms with Gasteiger partial charge in [0.05, 0.1) is 7.11 Å². The van der Waals surface area contributed by atoms with Crippen molar-refractivity contribution in [3.05, 3.63) is 23.8 Å². The lowest BCUT2D eigenvalue weighted by Crippen LogP contribution is -2.24. The summed E-state index contributed by atoms with van der Waals surface area (Å²) < 4.78 is 5.08. The highest BCUT2D eigenvalue weighted by Crippen LogP contribution is 2.19. The first kappa shape index (κ1) is 10.4. The molecule has 0 atom stereocenters. The van der Waals surface area contributed by atoms with Crippen LogP contribution in [0.25, 0.3) is 0 Å². The number of aryl methyl sites for hydroxylation is 1. The van der Waals surface area contributed by atoms with Crippen molar-refractivity contribution >= 4 is 11.7 Å². The summed E-state index contributed by atoms with van der Waals surface area (Å²) in [5, 5.41) is 5.16. The van der Waals surface area contributed by atoms with E-state index in [1.54, 1.807) is 20.2 Å². The summed E-state index contributed by atoms with van der Waals surface area (Å²) in [5.74, 6) is 0.733. The molecule has 0 aliphatic rings. The number of methoxy groups -OCH3 is 1. The number of benzene rings is 1. The van der Waals surface area contributed by atoms with Crippen LogP contribution in [0, 0.1) is 6.92 Å². The second-order valence-corrected chi connectivity index (χ2v) is 2.94. The molecule has 0 unspecified atom stereocenters. The molecular formula is C10H14N2O2. The summed E-state index contributed by atoms with van der Waals surface area (Å²) in [5.41, 5.74) is 1.76. The number of hydrogen-bond acceptors (Lipinski definition) is 2. The van der Waals surface area contributed by atoms with Crippen LogP contribution in [0.5, 0.6) is 5.75 Å². The fourth-order valence-electron chi connectivity index (χ4n) is 1.13. The number of carbonyl (C=O) groups excluding carboxylic acids is 1. The number of anilines is 1. The fourth-order valence-corrected chi connectivity index (χ4v) is 1.13. The number of urea groups is 1. The Balaban J connectivity index is 2.86. The van der Waals surface area contributed by atoms with Crippen LogP contribution in [0.3, 0.4) is 0 Å². The minimum atomic E-state index is -0.238. The van der Waals surface area contributed by atoms with E-state index < -0.39 is 0 Å². The lowest BCUT2D eigenvalue weighted by atomic mass is 10.2. The molecule has 0 aliphatic carbocycles. The molecule has 1 rings (SSSR count). The zero-order chi connectivity index (χ0) is 10.6. The van der Waals surface area contributed by atoms with E-state index in [4.69, 9.17) is 4.74 Å². The van der Waals surface area contributed by atoms with Gasteiger partial charge in [0.1, 0.15) is 5.75 Å². The molecule has 4 heteroatoms. The van der Waals surface area contributed by atoms with Gasteiger partial charge in [-0.2, -0.15) is 0 Å². The molecule has 0 spiro atoms. The summed E-state index contributed by atoms with van der Waals surface area (Å²) in [6, 6.07) is 5.30. The average Bonchev–Trinajstić information content (AvgIpc) is 2.16. The van der Waals surface area contributed by atoms with Gasteiger partial charge in [-0.15, -0.1) is 0 Å². The smallest absolute Gasteiger partial charge is 0.318 e. The maximum atomic E-state index is 11.0. The predicted molar refractivity (Wildman–Crippen MR) is 55.8 cm³/mol. The summed E-state index contributed by atoms with van der Waals surface area (Å²) in [6.45, 7) is 1.94. The molecule has 0 aliphatic heterocycles. The van der Waals surface area contributed by atoms with Gasteiger partial charge >= 0.3 is 6.03 Å². The lowest BCUT2D eigenvalue weighted by Gasteiger charge is -2.07. The average molecular weight is 194 g/mol. The van der Waals surface area contributed by atoms with Gasteiger partial charge in [-0.05, 0) is 24.6 Å². The van der Waals surface area contributed by atoms with Crippen LogP contribution in [0.15, 0.2) is 18.2 Å². The van der Waals surface area contributed by atoms with Gasteiger partial charge in [0.15, 0.2) is 0 Å². The normalized spacial score (nSPS) is 9.36. The van der Waals surface area contributed by atoms with Gasteiger partial charge in [-0.3, -0.25) is 0 Å².